The summed E-state index contributed by atoms with van der Waals surface area (Å²) in [5, 5.41) is 14.4. The molecule has 3 N–H and O–H groups in total. The van der Waals surface area contributed by atoms with Crippen LogP contribution in [0.2, 0.25) is 0 Å². The summed E-state index contributed by atoms with van der Waals surface area (Å²) in [7, 11) is 0. The summed E-state index contributed by atoms with van der Waals surface area (Å²) in [5.41, 5.74) is 5.87. The molecule has 21 heavy (non-hydrogen) atoms. The Kier molecular flexibility index (Phi) is 4.02. The standard InChI is InChI=1S/C14H20N4O3/c1-3-16-10-5-4-6-11(12(10)18(20)21)17-8-7-14(2,9-17)13(15)19/h4-6,16H,3,7-9H2,1-2H3,(H2,15,19). The Hall–Kier alpha value is -2.31. The second kappa shape index (κ2) is 5.59. The predicted octanol–water partition coefficient (Wildman–Crippen LogP) is 1.73. The van der Waals surface area contributed by atoms with Crippen LogP contribution in [0.15, 0.2) is 18.2 Å². The van der Waals surface area contributed by atoms with Gasteiger partial charge in [0.2, 0.25) is 5.91 Å². The number of carbonyl (C=O) groups is 1. The second-order valence-corrected chi connectivity index (χ2v) is 5.56. The fraction of sp³-hybridized carbons (Fsp3) is 0.500. The maximum Gasteiger partial charge on any atom is 0.315 e. The Morgan fingerprint density at radius 3 is 2.81 bits per heavy atom. The third-order valence-corrected chi connectivity index (χ3v) is 3.97. The summed E-state index contributed by atoms with van der Waals surface area (Å²) in [6.07, 6.45) is 0.602. The van der Waals surface area contributed by atoms with E-state index in [1.54, 1.807) is 25.1 Å². The van der Waals surface area contributed by atoms with Crippen LogP contribution in [0, 0.1) is 15.5 Å². The van der Waals surface area contributed by atoms with E-state index in [1.165, 1.54) is 0 Å². The maximum absolute atomic E-state index is 11.5. The molecule has 2 rings (SSSR count). The van der Waals surface area contributed by atoms with Gasteiger partial charge in [0.1, 0.15) is 11.4 Å². The summed E-state index contributed by atoms with van der Waals surface area (Å²) in [6.45, 7) is 5.27. The maximum atomic E-state index is 11.5. The summed E-state index contributed by atoms with van der Waals surface area (Å²) < 4.78 is 0. The lowest BCUT2D eigenvalue weighted by Gasteiger charge is -2.23. The molecule has 0 radical (unpaired) electrons. The highest BCUT2D eigenvalue weighted by atomic mass is 16.6. The van der Waals surface area contributed by atoms with Crippen molar-refractivity contribution < 1.29 is 9.72 Å². The van der Waals surface area contributed by atoms with Crippen molar-refractivity contribution in [1.29, 1.82) is 0 Å². The molecule has 0 aliphatic carbocycles. The first kappa shape index (κ1) is 15.1. The van der Waals surface area contributed by atoms with Crippen molar-refractivity contribution in [3.8, 4) is 0 Å². The molecule has 1 aliphatic heterocycles. The van der Waals surface area contributed by atoms with Crippen LogP contribution in [0.1, 0.15) is 20.3 Å². The predicted molar refractivity (Wildman–Crippen MR) is 81.4 cm³/mol. The van der Waals surface area contributed by atoms with Gasteiger partial charge in [-0.3, -0.25) is 14.9 Å². The van der Waals surface area contributed by atoms with Gasteiger partial charge < -0.3 is 16.0 Å². The summed E-state index contributed by atoms with van der Waals surface area (Å²) in [6, 6.07) is 5.18. The number of rotatable bonds is 5. The van der Waals surface area contributed by atoms with Crippen molar-refractivity contribution in [3.05, 3.63) is 28.3 Å². The average Bonchev–Trinajstić information content (AvgIpc) is 2.82. The van der Waals surface area contributed by atoms with Gasteiger partial charge >= 0.3 is 5.69 Å². The van der Waals surface area contributed by atoms with E-state index in [4.69, 9.17) is 5.73 Å². The van der Waals surface area contributed by atoms with Gasteiger partial charge in [0, 0.05) is 19.6 Å². The normalized spacial score (nSPS) is 21.3. The first-order chi connectivity index (χ1) is 9.89. The zero-order valence-corrected chi connectivity index (χ0v) is 12.3. The SMILES string of the molecule is CCNc1cccc(N2CCC(C)(C(N)=O)C2)c1[N+](=O)[O-]. The molecule has 1 aliphatic rings. The first-order valence-corrected chi connectivity index (χ1v) is 6.95. The van der Waals surface area contributed by atoms with Gasteiger partial charge in [0.25, 0.3) is 0 Å². The highest BCUT2D eigenvalue weighted by Gasteiger charge is 2.40. The van der Waals surface area contributed by atoms with E-state index in [2.05, 4.69) is 5.32 Å². The van der Waals surface area contributed by atoms with E-state index in [0.29, 0.717) is 37.4 Å². The van der Waals surface area contributed by atoms with Gasteiger partial charge in [0.15, 0.2) is 0 Å². The fourth-order valence-corrected chi connectivity index (χ4v) is 2.68. The van der Waals surface area contributed by atoms with Gasteiger partial charge in [0.05, 0.1) is 10.3 Å². The lowest BCUT2D eigenvalue weighted by molar-refractivity contribution is -0.383. The van der Waals surface area contributed by atoms with Gasteiger partial charge in [-0.05, 0) is 32.4 Å². The Morgan fingerprint density at radius 1 is 1.57 bits per heavy atom. The summed E-state index contributed by atoms with van der Waals surface area (Å²) in [4.78, 5) is 24.4. The van der Waals surface area contributed by atoms with Gasteiger partial charge in [-0.15, -0.1) is 0 Å². The van der Waals surface area contributed by atoms with Crippen LogP contribution < -0.4 is 16.0 Å². The van der Waals surface area contributed by atoms with E-state index < -0.39 is 5.41 Å². The zero-order valence-electron chi connectivity index (χ0n) is 12.3. The number of amides is 1. The molecular formula is C14H20N4O3. The average molecular weight is 292 g/mol. The minimum Gasteiger partial charge on any atom is -0.380 e. The number of nitrogens with two attached hydrogens (primary N) is 1. The van der Waals surface area contributed by atoms with E-state index in [9.17, 15) is 14.9 Å². The van der Waals surface area contributed by atoms with Crippen LogP contribution in [0.4, 0.5) is 17.1 Å². The Labute approximate surface area is 123 Å². The van der Waals surface area contributed by atoms with Gasteiger partial charge in [-0.2, -0.15) is 0 Å². The molecule has 1 heterocycles. The first-order valence-electron chi connectivity index (χ1n) is 6.95. The highest BCUT2D eigenvalue weighted by molar-refractivity contribution is 5.83. The Balaban J connectivity index is 2.39. The molecule has 1 amide bonds. The molecule has 114 valence electrons. The highest BCUT2D eigenvalue weighted by Crippen LogP contribution is 2.40. The van der Waals surface area contributed by atoms with Crippen molar-refractivity contribution in [1.82, 2.24) is 0 Å². The van der Waals surface area contributed by atoms with Crippen molar-refractivity contribution >= 4 is 23.0 Å². The van der Waals surface area contributed by atoms with Crippen LogP contribution >= 0.6 is 0 Å². The number of nitro groups is 1. The number of nitrogens with zero attached hydrogens (tertiary/aromatic N) is 2. The van der Waals surface area contributed by atoms with Crippen molar-refractivity contribution in [2.75, 3.05) is 29.9 Å². The number of carbonyl (C=O) groups excluding carboxylic acids is 1. The lowest BCUT2D eigenvalue weighted by Crippen LogP contribution is -2.37. The second-order valence-electron chi connectivity index (χ2n) is 5.56. The molecule has 1 unspecified atom stereocenters. The molecule has 7 nitrogen and oxygen atoms in total. The van der Waals surface area contributed by atoms with Crippen molar-refractivity contribution in [2.24, 2.45) is 11.1 Å². The number of primary amides is 1. The molecule has 1 aromatic rings. The number of nitro benzene ring substituents is 1. The molecule has 7 heteroatoms. The molecule has 1 saturated heterocycles. The third kappa shape index (κ3) is 2.76. The van der Waals surface area contributed by atoms with E-state index >= 15 is 0 Å². The molecule has 0 bridgehead atoms. The number of benzene rings is 1. The molecule has 1 atom stereocenters. The van der Waals surface area contributed by atoms with E-state index in [-0.39, 0.29) is 16.5 Å². The van der Waals surface area contributed by atoms with E-state index in [1.807, 2.05) is 11.8 Å². The minimum absolute atomic E-state index is 0.0491. The quantitative estimate of drug-likeness (QED) is 0.635. The number of para-hydroxylation sites is 1. The molecular weight excluding hydrogens is 272 g/mol. The summed E-state index contributed by atoms with van der Waals surface area (Å²) in [5.74, 6) is -0.365. The molecule has 0 spiro atoms. The number of nitrogens with one attached hydrogen (secondary N) is 1. The zero-order chi connectivity index (χ0) is 15.6. The Bertz CT molecular complexity index is 575. The fourth-order valence-electron chi connectivity index (χ4n) is 2.68. The van der Waals surface area contributed by atoms with Gasteiger partial charge in [-0.25, -0.2) is 0 Å². The number of anilines is 2. The molecule has 0 aromatic heterocycles. The van der Waals surface area contributed by atoms with Gasteiger partial charge in [-0.1, -0.05) is 6.07 Å². The van der Waals surface area contributed by atoms with Crippen LogP contribution in [0.25, 0.3) is 0 Å². The van der Waals surface area contributed by atoms with Crippen molar-refractivity contribution in [3.63, 3.8) is 0 Å². The van der Waals surface area contributed by atoms with Crippen LogP contribution in [0.3, 0.4) is 0 Å². The van der Waals surface area contributed by atoms with Crippen LogP contribution in [-0.2, 0) is 4.79 Å². The topological polar surface area (TPSA) is 102 Å². The monoisotopic (exact) mass is 292 g/mol. The van der Waals surface area contributed by atoms with Crippen LogP contribution in [0.5, 0.6) is 0 Å². The van der Waals surface area contributed by atoms with Crippen LogP contribution in [-0.4, -0.2) is 30.5 Å². The van der Waals surface area contributed by atoms with E-state index in [0.717, 1.165) is 0 Å². The smallest absolute Gasteiger partial charge is 0.315 e. The molecule has 0 saturated carbocycles. The largest absolute Gasteiger partial charge is 0.380 e. The summed E-state index contributed by atoms with van der Waals surface area (Å²) >= 11 is 0. The minimum atomic E-state index is -0.637. The third-order valence-electron chi connectivity index (χ3n) is 3.97. The number of hydrogen-bond donors (Lipinski definition) is 2. The number of hydrogen-bond acceptors (Lipinski definition) is 5. The van der Waals surface area contributed by atoms with Crippen molar-refractivity contribution in [2.45, 2.75) is 20.3 Å². The Morgan fingerprint density at radius 2 is 2.29 bits per heavy atom. The molecule has 1 fully saturated rings. The lowest BCUT2D eigenvalue weighted by atomic mass is 9.89. The molecule has 1 aromatic carbocycles.